The van der Waals surface area contributed by atoms with E-state index in [1.807, 2.05) is 0 Å². The highest BCUT2D eigenvalue weighted by Crippen LogP contribution is 2.36. The number of rotatable bonds is 5. The van der Waals surface area contributed by atoms with Crippen molar-refractivity contribution >= 4 is 69.5 Å². The molecule has 27 heavy (non-hydrogen) atoms. The summed E-state index contributed by atoms with van der Waals surface area (Å²) in [5.41, 5.74) is 1.61. The molecule has 0 bridgehead atoms. The molecule has 1 saturated heterocycles. The number of carbonyl (C=O) groups excluding carboxylic acids is 1. The molecule has 1 aliphatic rings. The van der Waals surface area contributed by atoms with Crippen LogP contribution in [0.4, 0.5) is 0 Å². The lowest BCUT2D eigenvalue weighted by Gasteiger charge is -2.11. The third-order valence-electron chi connectivity index (χ3n) is 3.54. The van der Waals surface area contributed by atoms with E-state index in [0.29, 0.717) is 30.6 Å². The standard InChI is InChI=1S/C18H11Cl2NO4S2/c19-12-5-10(7-14-16(22)21-18(26)27-14)6-13(20)15(12)25-8-9-1-3-11(4-2-9)17(23)24/h1-7H,8H2,(H,23,24)(H,21,22,26)/b14-7-. The van der Waals surface area contributed by atoms with Crippen molar-refractivity contribution in [1.82, 2.24) is 5.32 Å². The summed E-state index contributed by atoms with van der Waals surface area (Å²) in [6.45, 7) is 0.173. The van der Waals surface area contributed by atoms with Gasteiger partial charge in [-0.2, -0.15) is 0 Å². The normalized spacial score (nSPS) is 15.1. The summed E-state index contributed by atoms with van der Waals surface area (Å²) in [7, 11) is 0. The molecule has 0 aromatic heterocycles. The van der Waals surface area contributed by atoms with E-state index in [2.05, 4.69) is 5.32 Å². The third-order valence-corrected chi connectivity index (χ3v) is 5.27. The van der Waals surface area contributed by atoms with Gasteiger partial charge in [-0.1, -0.05) is 59.3 Å². The number of thioether (sulfide) groups is 1. The Hall–Kier alpha value is -2.06. The monoisotopic (exact) mass is 439 g/mol. The molecule has 1 aliphatic heterocycles. The quantitative estimate of drug-likeness (QED) is 0.516. The van der Waals surface area contributed by atoms with Crippen LogP contribution in [0.2, 0.25) is 10.0 Å². The molecule has 2 aromatic rings. The zero-order chi connectivity index (χ0) is 19.6. The third kappa shape index (κ3) is 4.81. The molecule has 0 spiro atoms. The zero-order valence-corrected chi connectivity index (χ0v) is 16.6. The largest absolute Gasteiger partial charge is 0.486 e. The maximum atomic E-state index is 11.7. The molecule has 0 atom stereocenters. The number of ether oxygens (including phenoxy) is 1. The van der Waals surface area contributed by atoms with E-state index in [1.165, 1.54) is 23.9 Å². The van der Waals surface area contributed by atoms with Crippen LogP contribution in [0.25, 0.3) is 6.08 Å². The first-order valence-electron chi connectivity index (χ1n) is 7.52. The van der Waals surface area contributed by atoms with Gasteiger partial charge in [0, 0.05) is 0 Å². The number of carboxylic acid groups (broad SMARTS) is 1. The minimum atomic E-state index is -0.992. The fourth-order valence-electron chi connectivity index (χ4n) is 2.27. The molecular formula is C18H11Cl2NO4S2. The van der Waals surface area contributed by atoms with Gasteiger partial charge in [-0.15, -0.1) is 0 Å². The van der Waals surface area contributed by atoms with E-state index in [-0.39, 0.29) is 18.1 Å². The number of hydrogen-bond acceptors (Lipinski definition) is 5. The smallest absolute Gasteiger partial charge is 0.335 e. The minimum Gasteiger partial charge on any atom is -0.486 e. The molecule has 0 radical (unpaired) electrons. The summed E-state index contributed by atoms with van der Waals surface area (Å²) < 4.78 is 6.08. The Morgan fingerprint density at radius 1 is 1.22 bits per heavy atom. The lowest BCUT2D eigenvalue weighted by Crippen LogP contribution is -2.17. The van der Waals surface area contributed by atoms with Gasteiger partial charge in [0.15, 0.2) is 5.75 Å². The number of carboxylic acids is 1. The van der Waals surface area contributed by atoms with Gasteiger partial charge in [0.05, 0.1) is 20.5 Å². The Morgan fingerprint density at radius 2 is 1.85 bits per heavy atom. The Morgan fingerprint density at radius 3 is 2.37 bits per heavy atom. The fraction of sp³-hybridized carbons (Fsp3) is 0.0556. The molecular weight excluding hydrogens is 429 g/mol. The molecule has 0 unspecified atom stereocenters. The number of amides is 1. The molecule has 1 amide bonds. The van der Waals surface area contributed by atoms with Gasteiger partial charge >= 0.3 is 5.97 Å². The van der Waals surface area contributed by atoms with Crippen molar-refractivity contribution < 1.29 is 19.4 Å². The molecule has 2 aromatic carbocycles. The van der Waals surface area contributed by atoms with Crippen molar-refractivity contribution in [2.24, 2.45) is 0 Å². The summed E-state index contributed by atoms with van der Waals surface area (Å²) >= 11 is 18.7. The molecule has 1 heterocycles. The number of hydrogen-bond donors (Lipinski definition) is 2. The van der Waals surface area contributed by atoms with Crippen molar-refractivity contribution in [3.05, 3.63) is 68.0 Å². The van der Waals surface area contributed by atoms with E-state index >= 15 is 0 Å². The first-order valence-corrected chi connectivity index (χ1v) is 9.50. The van der Waals surface area contributed by atoms with E-state index in [9.17, 15) is 9.59 Å². The Bertz CT molecular complexity index is 951. The highest BCUT2D eigenvalue weighted by molar-refractivity contribution is 8.26. The second-order valence-electron chi connectivity index (χ2n) is 5.46. The van der Waals surface area contributed by atoms with Gasteiger partial charge in [-0.3, -0.25) is 4.79 Å². The summed E-state index contributed by atoms with van der Waals surface area (Å²) in [6, 6.07) is 9.57. The maximum absolute atomic E-state index is 11.7. The Balaban J connectivity index is 1.75. The number of aromatic carboxylic acids is 1. The van der Waals surface area contributed by atoms with Crippen LogP contribution in [0.15, 0.2) is 41.3 Å². The highest BCUT2D eigenvalue weighted by atomic mass is 35.5. The maximum Gasteiger partial charge on any atom is 0.335 e. The topological polar surface area (TPSA) is 75.6 Å². The second kappa shape index (κ2) is 8.31. The van der Waals surface area contributed by atoms with Crippen LogP contribution in [0.3, 0.4) is 0 Å². The summed E-state index contributed by atoms with van der Waals surface area (Å²) in [5, 5.41) is 12.0. The Labute approximate surface area is 174 Å². The van der Waals surface area contributed by atoms with E-state index < -0.39 is 5.97 Å². The van der Waals surface area contributed by atoms with Gasteiger partial charge in [-0.25, -0.2) is 4.79 Å². The van der Waals surface area contributed by atoms with Crippen LogP contribution in [-0.2, 0) is 11.4 Å². The summed E-state index contributed by atoms with van der Waals surface area (Å²) in [6.07, 6.45) is 1.64. The Kier molecular flexibility index (Phi) is 6.06. The molecule has 3 rings (SSSR count). The van der Waals surface area contributed by atoms with Gasteiger partial charge in [0.25, 0.3) is 5.91 Å². The van der Waals surface area contributed by atoms with Crippen molar-refractivity contribution in [3.8, 4) is 5.75 Å². The molecule has 0 saturated carbocycles. The second-order valence-corrected chi connectivity index (χ2v) is 7.99. The van der Waals surface area contributed by atoms with Crippen LogP contribution >= 0.6 is 47.2 Å². The van der Waals surface area contributed by atoms with E-state index in [4.69, 9.17) is 45.3 Å². The van der Waals surface area contributed by atoms with Crippen molar-refractivity contribution in [1.29, 1.82) is 0 Å². The van der Waals surface area contributed by atoms with Gasteiger partial charge in [0.1, 0.15) is 10.9 Å². The molecule has 0 aliphatic carbocycles. The van der Waals surface area contributed by atoms with Crippen LogP contribution < -0.4 is 10.1 Å². The van der Waals surface area contributed by atoms with Crippen LogP contribution in [0, 0.1) is 0 Å². The summed E-state index contributed by atoms with van der Waals surface area (Å²) in [4.78, 5) is 23.1. The van der Waals surface area contributed by atoms with Crippen LogP contribution in [-0.4, -0.2) is 21.3 Å². The number of thiocarbonyl (C=S) groups is 1. The number of carbonyl (C=O) groups is 2. The molecule has 1 fully saturated rings. The minimum absolute atomic E-state index is 0.173. The lowest BCUT2D eigenvalue weighted by atomic mass is 10.1. The average Bonchev–Trinajstić information content (AvgIpc) is 2.91. The lowest BCUT2D eigenvalue weighted by molar-refractivity contribution is -0.115. The average molecular weight is 440 g/mol. The van der Waals surface area contributed by atoms with Crippen molar-refractivity contribution in [2.45, 2.75) is 6.61 Å². The van der Waals surface area contributed by atoms with Crippen molar-refractivity contribution in [2.75, 3.05) is 0 Å². The number of nitrogens with one attached hydrogen (secondary N) is 1. The predicted octanol–water partition coefficient (Wildman–Crippen LogP) is 4.76. The first-order chi connectivity index (χ1) is 12.8. The van der Waals surface area contributed by atoms with E-state index in [1.54, 1.807) is 30.3 Å². The van der Waals surface area contributed by atoms with Gasteiger partial charge in [-0.05, 0) is 41.5 Å². The van der Waals surface area contributed by atoms with Crippen LogP contribution in [0.1, 0.15) is 21.5 Å². The fourth-order valence-corrected chi connectivity index (χ4v) is 3.93. The zero-order valence-electron chi connectivity index (χ0n) is 13.5. The predicted molar refractivity (Wildman–Crippen MR) is 111 cm³/mol. The molecule has 138 valence electrons. The van der Waals surface area contributed by atoms with Gasteiger partial charge < -0.3 is 15.2 Å². The number of halogens is 2. The molecule has 9 heteroatoms. The van der Waals surface area contributed by atoms with Crippen LogP contribution in [0.5, 0.6) is 5.75 Å². The number of benzene rings is 2. The molecule has 5 nitrogen and oxygen atoms in total. The van der Waals surface area contributed by atoms with E-state index in [0.717, 1.165) is 5.56 Å². The summed E-state index contributed by atoms with van der Waals surface area (Å²) in [5.74, 6) is -0.947. The van der Waals surface area contributed by atoms with Crippen molar-refractivity contribution in [3.63, 3.8) is 0 Å². The highest BCUT2D eigenvalue weighted by Gasteiger charge is 2.22. The SMILES string of the molecule is O=C1NC(=S)S/C1=C\c1cc(Cl)c(OCc2ccc(C(=O)O)cc2)c(Cl)c1. The van der Waals surface area contributed by atoms with Gasteiger partial charge in [0.2, 0.25) is 0 Å². The first kappa shape index (κ1) is 19.7. The molecule has 2 N–H and O–H groups in total.